The Morgan fingerprint density at radius 1 is 1.57 bits per heavy atom. The minimum atomic E-state index is -3.32. The molecule has 2 N–H and O–H groups in total. The van der Waals surface area contributed by atoms with Crippen molar-refractivity contribution >= 4 is 15.7 Å². The molecule has 1 rings (SSSR count). The normalized spacial score (nSPS) is 11.2. The first-order valence-corrected chi connectivity index (χ1v) is 5.72. The van der Waals surface area contributed by atoms with Gasteiger partial charge in [-0.1, -0.05) is 0 Å². The van der Waals surface area contributed by atoms with Crippen molar-refractivity contribution in [1.82, 2.24) is 4.98 Å². The first-order chi connectivity index (χ1) is 6.39. The van der Waals surface area contributed by atoms with Crippen molar-refractivity contribution in [3.8, 4) is 0 Å². The molecular formula is C8H10N2O3S. The number of nitrogens with two attached hydrogens (primary N) is 1. The van der Waals surface area contributed by atoms with Gasteiger partial charge in [0.1, 0.15) is 0 Å². The highest BCUT2D eigenvalue weighted by Gasteiger charge is 2.09. The highest BCUT2D eigenvalue weighted by atomic mass is 32.2. The molecule has 0 radical (unpaired) electrons. The lowest BCUT2D eigenvalue weighted by Crippen LogP contribution is -2.14. The minimum absolute atomic E-state index is 0.0189. The van der Waals surface area contributed by atoms with E-state index in [0.29, 0.717) is 5.56 Å². The summed E-state index contributed by atoms with van der Waals surface area (Å²) >= 11 is 0. The molecule has 0 saturated heterocycles. The molecule has 0 unspecified atom stereocenters. The SMILES string of the molecule is CS(=O)(=O)c1cc(CC(N)=O)ccn1. The first kappa shape index (κ1) is 10.6. The van der Waals surface area contributed by atoms with Gasteiger partial charge in [-0.15, -0.1) is 0 Å². The Morgan fingerprint density at radius 2 is 2.21 bits per heavy atom. The van der Waals surface area contributed by atoms with Crippen molar-refractivity contribution in [1.29, 1.82) is 0 Å². The van der Waals surface area contributed by atoms with E-state index in [0.717, 1.165) is 6.26 Å². The van der Waals surface area contributed by atoms with Gasteiger partial charge in [-0.25, -0.2) is 13.4 Å². The Hall–Kier alpha value is -1.43. The van der Waals surface area contributed by atoms with Crippen LogP contribution in [0.15, 0.2) is 23.4 Å². The van der Waals surface area contributed by atoms with E-state index in [2.05, 4.69) is 4.98 Å². The van der Waals surface area contributed by atoms with Crippen molar-refractivity contribution in [3.05, 3.63) is 23.9 Å². The topological polar surface area (TPSA) is 90.1 Å². The minimum Gasteiger partial charge on any atom is -0.369 e. The van der Waals surface area contributed by atoms with Crippen LogP contribution in [-0.4, -0.2) is 25.6 Å². The lowest BCUT2D eigenvalue weighted by molar-refractivity contribution is -0.117. The second-order valence-corrected chi connectivity index (χ2v) is 4.88. The molecule has 0 aliphatic heterocycles. The van der Waals surface area contributed by atoms with E-state index in [9.17, 15) is 13.2 Å². The number of hydrogen-bond acceptors (Lipinski definition) is 4. The molecule has 0 aromatic carbocycles. The van der Waals surface area contributed by atoms with Crippen LogP contribution < -0.4 is 5.73 Å². The van der Waals surface area contributed by atoms with Crippen LogP contribution in [0.3, 0.4) is 0 Å². The summed E-state index contributed by atoms with van der Waals surface area (Å²) in [5, 5.41) is -0.0451. The van der Waals surface area contributed by atoms with Crippen LogP contribution in [0.5, 0.6) is 0 Å². The molecule has 1 aromatic rings. The fourth-order valence-corrected chi connectivity index (χ4v) is 1.58. The van der Waals surface area contributed by atoms with Gasteiger partial charge in [-0.2, -0.15) is 0 Å². The van der Waals surface area contributed by atoms with Crippen molar-refractivity contribution < 1.29 is 13.2 Å². The van der Waals surface area contributed by atoms with Crippen LogP contribution in [0.4, 0.5) is 0 Å². The van der Waals surface area contributed by atoms with Gasteiger partial charge < -0.3 is 5.73 Å². The van der Waals surface area contributed by atoms with Crippen LogP contribution in [-0.2, 0) is 21.1 Å². The monoisotopic (exact) mass is 214 g/mol. The van der Waals surface area contributed by atoms with E-state index in [4.69, 9.17) is 5.73 Å². The molecule has 0 spiro atoms. The van der Waals surface area contributed by atoms with Crippen molar-refractivity contribution in [2.75, 3.05) is 6.26 Å². The summed E-state index contributed by atoms with van der Waals surface area (Å²) in [6, 6.07) is 2.90. The molecule has 0 aliphatic carbocycles. The summed E-state index contributed by atoms with van der Waals surface area (Å²) in [6.07, 6.45) is 2.42. The quantitative estimate of drug-likeness (QED) is 0.735. The molecule has 0 aliphatic rings. The van der Waals surface area contributed by atoms with Gasteiger partial charge >= 0.3 is 0 Å². The van der Waals surface area contributed by atoms with Gasteiger partial charge in [-0.3, -0.25) is 4.79 Å². The standard InChI is InChI=1S/C8H10N2O3S/c1-14(12,13)8-5-6(2-3-10-8)4-7(9)11/h2-3,5H,4H2,1H3,(H2,9,11). The summed E-state index contributed by atoms with van der Waals surface area (Å²) in [7, 11) is -3.32. The van der Waals surface area contributed by atoms with Crippen LogP contribution in [0.25, 0.3) is 0 Å². The van der Waals surface area contributed by atoms with E-state index in [1.54, 1.807) is 6.07 Å². The molecule has 0 fully saturated rings. The van der Waals surface area contributed by atoms with E-state index in [1.807, 2.05) is 0 Å². The molecule has 1 heterocycles. The van der Waals surface area contributed by atoms with Crippen LogP contribution in [0.2, 0.25) is 0 Å². The van der Waals surface area contributed by atoms with E-state index in [1.165, 1.54) is 12.3 Å². The second kappa shape index (κ2) is 3.75. The number of aromatic nitrogens is 1. The maximum atomic E-state index is 11.1. The maximum Gasteiger partial charge on any atom is 0.221 e. The molecule has 0 bridgehead atoms. The molecular weight excluding hydrogens is 204 g/mol. The Kier molecular flexibility index (Phi) is 2.85. The van der Waals surface area contributed by atoms with Crippen molar-refractivity contribution in [2.45, 2.75) is 11.4 Å². The number of primary amides is 1. The summed E-state index contributed by atoms with van der Waals surface area (Å²) in [5.74, 6) is -0.504. The number of nitrogens with zero attached hydrogens (tertiary/aromatic N) is 1. The lowest BCUT2D eigenvalue weighted by atomic mass is 10.2. The van der Waals surface area contributed by atoms with Crippen LogP contribution in [0, 0.1) is 0 Å². The van der Waals surface area contributed by atoms with E-state index in [-0.39, 0.29) is 11.4 Å². The Balaban J connectivity index is 3.08. The predicted octanol–water partition coefficient (Wildman–Crippen LogP) is -0.487. The highest BCUT2D eigenvalue weighted by molar-refractivity contribution is 7.90. The largest absolute Gasteiger partial charge is 0.369 e. The Labute approximate surface area is 81.9 Å². The lowest BCUT2D eigenvalue weighted by Gasteiger charge is -2.00. The number of hydrogen-bond donors (Lipinski definition) is 1. The highest BCUT2D eigenvalue weighted by Crippen LogP contribution is 2.07. The zero-order valence-corrected chi connectivity index (χ0v) is 8.41. The van der Waals surface area contributed by atoms with Crippen molar-refractivity contribution in [3.63, 3.8) is 0 Å². The average Bonchev–Trinajstić information content (AvgIpc) is 2.01. The third-order valence-corrected chi connectivity index (χ3v) is 2.54. The number of carbonyl (C=O) groups is 1. The zero-order valence-electron chi connectivity index (χ0n) is 7.60. The summed E-state index contributed by atoms with van der Waals surface area (Å²) in [4.78, 5) is 14.3. The first-order valence-electron chi connectivity index (χ1n) is 3.83. The number of rotatable bonds is 3. The smallest absolute Gasteiger partial charge is 0.221 e. The van der Waals surface area contributed by atoms with Gasteiger partial charge in [0.2, 0.25) is 5.91 Å². The third kappa shape index (κ3) is 2.81. The molecule has 0 atom stereocenters. The van der Waals surface area contributed by atoms with Crippen LogP contribution >= 0.6 is 0 Å². The zero-order chi connectivity index (χ0) is 10.8. The van der Waals surface area contributed by atoms with Gasteiger partial charge in [0.05, 0.1) is 6.42 Å². The molecule has 6 heteroatoms. The molecule has 1 aromatic heterocycles. The van der Waals surface area contributed by atoms with Gasteiger partial charge in [0.15, 0.2) is 14.9 Å². The fourth-order valence-electron chi connectivity index (χ4n) is 0.964. The van der Waals surface area contributed by atoms with Crippen LogP contribution in [0.1, 0.15) is 5.56 Å². The average molecular weight is 214 g/mol. The number of amides is 1. The summed E-state index contributed by atoms with van der Waals surface area (Å²) < 4.78 is 22.2. The fraction of sp³-hybridized carbons (Fsp3) is 0.250. The van der Waals surface area contributed by atoms with Crippen molar-refractivity contribution in [2.24, 2.45) is 5.73 Å². The molecule has 0 saturated carbocycles. The number of pyridine rings is 1. The summed E-state index contributed by atoms with van der Waals surface area (Å²) in [5.41, 5.74) is 5.52. The van der Waals surface area contributed by atoms with Gasteiger partial charge in [0.25, 0.3) is 0 Å². The van der Waals surface area contributed by atoms with E-state index >= 15 is 0 Å². The predicted molar refractivity (Wildman–Crippen MR) is 50.2 cm³/mol. The molecule has 1 amide bonds. The number of sulfone groups is 1. The van der Waals surface area contributed by atoms with Gasteiger partial charge in [-0.05, 0) is 17.7 Å². The molecule has 76 valence electrons. The van der Waals surface area contributed by atoms with E-state index < -0.39 is 15.7 Å². The third-order valence-electron chi connectivity index (χ3n) is 1.56. The molecule has 5 nitrogen and oxygen atoms in total. The number of carbonyl (C=O) groups excluding carboxylic acids is 1. The molecule has 14 heavy (non-hydrogen) atoms. The Bertz CT molecular complexity index is 453. The second-order valence-electron chi connectivity index (χ2n) is 2.92. The Morgan fingerprint density at radius 3 is 2.71 bits per heavy atom. The maximum absolute atomic E-state index is 11.1. The summed E-state index contributed by atoms with van der Waals surface area (Å²) in [6.45, 7) is 0. The van der Waals surface area contributed by atoms with Gasteiger partial charge in [0, 0.05) is 12.5 Å².